The summed E-state index contributed by atoms with van der Waals surface area (Å²) in [6, 6.07) is 7.28. The van der Waals surface area contributed by atoms with E-state index in [0.717, 1.165) is 10.6 Å². The summed E-state index contributed by atoms with van der Waals surface area (Å²) in [7, 11) is 1.45. The van der Waals surface area contributed by atoms with Crippen LogP contribution in [0.1, 0.15) is 56.1 Å². The van der Waals surface area contributed by atoms with E-state index in [2.05, 4.69) is 44.0 Å². The number of hydrogen-bond donors (Lipinski definition) is 0. The molecule has 0 saturated carbocycles. The van der Waals surface area contributed by atoms with Crippen LogP contribution in [0.2, 0.25) is 0 Å². The third-order valence-electron chi connectivity index (χ3n) is 4.97. The maximum Gasteiger partial charge on any atom is 0.0538 e. The zero-order valence-corrected chi connectivity index (χ0v) is 13.6. The average Bonchev–Trinajstić information content (AvgIpc) is 2.95. The Labute approximate surface area is 125 Å². The molecule has 0 radical (unpaired) electrons. The fraction of sp³-hybridized carbons (Fsp3) is 0.647. The lowest BCUT2D eigenvalue weighted by Gasteiger charge is -2.23. The first kappa shape index (κ1) is 14.3. The van der Waals surface area contributed by atoms with Crippen molar-refractivity contribution in [1.29, 1.82) is 0 Å². The monoisotopic (exact) mass is 291 g/mol. The molecule has 0 N–H and O–H groups in total. The fourth-order valence-electron chi connectivity index (χ4n) is 3.62. The topological polar surface area (TPSA) is 20.3 Å². The molecule has 20 heavy (non-hydrogen) atoms. The molecule has 0 aliphatic carbocycles. The Hall–Kier alpha value is -0.670. The normalized spacial score (nSPS) is 30.1. The van der Waals surface area contributed by atoms with Gasteiger partial charge in [0.15, 0.2) is 0 Å². The molecule has 3 heteroatoms. The maximum atomic E-state index is 12.3. The molecule has 2 nitrogen and oxygen atoms in total. The van der Waals surface area contributed by atoms with Crippen molar-refractivity contribution >= 4 is 10.8 Å². The Balaban J connectivity index is 1.85. The van der Waals surface area contributed by atoms with Crippen LogP contribution in [-0.4, -0.2) is 34.5 Å². The van der Waals surface area contributed by atoms with Crippen molar-refractivity contribution in [2.45, 2.75) is 55.9 Å². The summed E-state index contributed by atoms with van der Waals surface area (Å²) in [6.45, 7) is 5.68. The van der Waals surface area contributed by atoms with E-state index in [0.29, 0.717) is 17.9 Å². The molecule has 0 amide bonds. The van der Waals surface area contributed by atoms with E-state index in [9.17, 15) is 4.21 Å². The third kappa shape index (κ3) is 2.58. The highest BCUT2D eigenvalue weighted by Crippen LogP contribution is 2.39. The van der Waals surface area contributed by atoms with Crippen LogP contribution < -0.4 is 0 Å². The molecular weight excluding hydrogens is 266 g/mol. The molecule has 0 aromatic heterocycles. The predicted octanol–water partition coefficient (Wildman–Crippen LogP) is 3.50. The van der Waals surface area contributed by atoms with Gasteiger partial charge in [0.25, 0.3) is 0 Å². The number of rotatable bonds is 3. The van der Waals surface area contributed by atoms with Crippen LogP contribution in [0.25, 0.3) is 0 Å². The summed E-state index contributed by atoms with van der Waals surface area (Å²) in [5.74, 6) is 1.88. The van der Waals surface area contributed by atoms with E-state index >= 15 is 0 Å². The Morgan fingerprint density at radius 2 is 2.20 bits per heavy atom. The van der Waals surface area contributed by atoms with E-state index in [1.807, 2.05) is 0 Å². The smallest absolute Gasteiger partial charge is 0.0538 e. The van der Waals surface area contributed by atoms with Gasteiger partial charge in [0.1, 0.15) is 0 Å². The number of benzene rings is 1. The second-order valence-corrected chi connectivity index (χ2v) is 8.14. The Morgan fingerprint density at radius 1 is 1.40 bits per heavy atom. The highest BCUT2D eigenvalue weighted by atomic mass is 32.2. The maximum absolute atomic E-state index is 12.3. The molecular formula is C17H25NOS. The standard InChI is InChI=1S/C17H25NOS/c1-12(2)13-6-7-17-16(10-13)14(11-20(17)19)9-15-5-4-8-18(15)3/h6-7,10,12,14-15H,4-5,8-9,11H2,1-3H3/t14?,15-,20?/m1/s1. The average molecular weight is 291 g/mol. The second-order valence-electron chi connectivity index (χ2n) is 6.67. The van der Waals surface area contributed by atoms with Gasteiger partial charge in [0.2, 0.25) is 0 Å². The van der Waals surface area contributed by atoms with Gasteiger partial charge < -0.3 is 4.90 Å². The molecule has 2 unspecified atom stereocenters. The lowest BCUT2D eigenvalue weighted by Crippen LogP contribution is -2.27. The van der Waals surface area contributed by atoms with Gasteiger partial charge in [-0.2, -0.15) is 0 Å². The Bertz CT molecular complexity index is 526. The first-order valence-electron chi connectivity index (χ1n) is 7.78. The molecule has 2 heterocycles. The quantitative estimate of drug-likeness (QED) is 0.849. The highest BCUT2D eigenvalue weighted by Gasteiger charge is 2.33. The van der Waals surface area contributed by atoms with Crippen molar-refractivity contribution in [2.24, 2.45) is 0 Å². The van der Waals surface area contributed by atoms with E-state index in [1.54, 1.807) is 0 Å². The highest BCUT2D eigenvalue weighted by molar-refractivity contribution is 7.85. The number of fused-ring (bicyclic) bond motifs is 1. The zero-order chi connectivity index (χ0) is 14.3. The number of nitrogens with zero attached hydrogens (tertiary/aromatic N) is 1. The molecule has 2 aliphatic heterocycles. The fourth-order valence-corrected chi connectivity index (χ4v) is 5.18. The summed E-state index contributed by atoms with van der Waals surface area (Å²) in [5, 5.41) is 0. The summed E-state index contributed by atoms with van der Waals surface area (Å²) in [6.07, 6.45) is 3.80. The lowest BCUT2D eigenvalue weighted by molar-refractivity contribution is 0.286. The summed E-state index contributed by atoms with van der Waals surface area (Å²) in [4.78, 5) is 3.58. The first-order chi connectivity index (χ1) is 9.56. The van der Waals surface area contributed by atoms with Crippen molar-refractivity contribution < 1.29 is 4.21 Å². The Kier molecular flexibility index (Phi) is 4.00. The van der Waals surface area contributed by atoms with Crippen LogP contribution in [0.4, 0.5) is 0 Å². The minimum atomic E-state index is -0.779. The minimum absolute atomic E-state index is 0.495. The molecule has 0 bridgehead atoms. The van der Waals surface area contributed by atoms with Crippen LogP contribution >= 0.6 is 0 Å². The molecule has 1 fully saturated rings. The molecule has 110 valence electrons. The van der Waals surface area contributed by atoms with Crippen LogP contribution in [0.3, 0.4) is 0 Å². The molecule has 1 aromatic carbocycles. The van der Waals surface area contributed by atoms with Gasteiger partial charge in [-0.3, -0.25) is 4.21 Å². The van der Waals surface area contributed by atoms with Crippen molar-refractivity contribution in [3.05, 3.63) is 29.3 Å². The van der Waals surface area contributed by atoms with Crippen molar-refractivity contribution in [3.63, 3.8) is 0 Å². The molecule has 1 aromatic rings. The SMILES string of the molecule is CC(C)c1ccc2c(c1)C(C[C@H]1CCCN1C)CS2=O. The lowest BCUT2D eigenvalue weighted by atomic mass is 9.90. The molecule has 3 atom stereocenters. The van der Waals surface area contributed by atoms with E-state index in [1.165, 1.54) is 36.9 Å². The second kappa shape index (κ2) is 5.61. The van der Waals surface area contributed by atoms with Gasteiger partial charge in [-0.05, 0) is 61.9 Å². The number of likely N-dealkylation sites (tertiary alicyclic amines) is 1. The van der Waals surface area contributed by atoms with Crippen LogP contribution in [0.15, 0.2) is 23.1 Å². The zero-order valence-electron chi connectivity index (χ0n) is 12.8. The molecule has 0 spiro atoms. The van der Waals surface area contributed by atoms with Crippen LogP contribution in [-0.2, 0) is 10.8 Å². The minimum Gasteiger partial charge on any atom is -0.303 e. The molecule has 1 saturated heterocycles. The van der Waals surface area contributed by atoms with E-state index in [4.69, 9.17) is 0 Å². The van der Waals surface area contributed by atoms with Crippen molar-refractivity contribution in [1.82, 2.24) is 4.90 Å². The molecule has 3 rings (SSSR count). The van der Waals surface area contributed by atoms with E-state index < -0.39 is 10.8 Å². The Morgan fingerprint density at radius 3 is 2.85 bits per heavy atom. The van der Waals surface area contributed by atoms with E-state index in [-0.39, 0.29) is 0 Å². The van der Waals surface area contributed by atoms with Gasteiger partial charge in [-0.1, -0.05) is 26.0 Å². The van der Waals surface area contributed by atoms with Crippen molar-refractivity contribution in [3.8, 4) is 0 Å². The predicted molar refractivity (Wildman–Crippen MR) is 84.8 cm³/mol. The summed E-state index contributed by atoms with van der Waals surface area (Å²) in [5.41, 5.74) is 2.75. The largest absolute Gasteiger partial charge is 0.303 e. The summed E-state index contributed by atoms with van der Waals surface area (Å²) >= 11 is 0. The number of hydrogen-bond acceptors (Lipinski definition) is 2. The van der Waals surface area contributed by atoms with Crippen molar-refractivity contribution in [2.75, 3.05) is 19.3 Å². The van der Waals surface area contributed by atoms with Gasteiger partial charge >= 0.3 is 0 Å². The summed E-state index contributed by atoms with van der Waals surface area (Å²) < 4.78 is 12.3. The van der Waals surface area contributed by atoms with Crippen LogP contribution in [0, 0.1) is 0 Å². The first-order valence-corrected chi connectivity index (χ1v) is 9.10. The third-order valence-corrected chi connectivity index (χ3v) is 6.53. The van der Waals surface area contributed by atoms with Gasteiger partial charge in [0.05, 0.1) is 10.8 Å². The van der Waals surface area contributed by atoms with Crippen LogP contribution in [0.5, 0.6) is 0 Å². The van der Waals surface area contributed by atoms with Gasteiger partial charge in [-0.25, -0.2) is 0 Å². The van der Waals surface area contributed by atoms with Gasteiger partial charge in [-0.15, -0.1) is 0 Å². The molecule has 2 aliphatic rings. The van der Waals surface area contributed by atoms with Gasteiger partial charge in [0, 0.05) is 16.7 Å².